The number of esters is 1. The van der Waals surface area contributed by atoms with E-state index in [0.29, 0.717) is 0 Å². The molecule has 7 nitrogen and oxygen atoms in total. The van der Waals surface area contributed by atoms with Crippen molar-refractivity contribution < 1.29 is 32.7 Å². The number of aliphatic hydroxyl groups is 2. The van der Waals surface area contributed by atoms with Gasteiger partial charge in [0.15, 0.2) is 0 Å². The molecular formula is C30H31O7PS. The van der Waals surface area contributed by atoms with Crippen molar-refractivity contribution in [3.8, 4) is 0 Å². The third-order valence-corrected chi connectivity index (χ3v) is 11.2. The van der Waals surface area contributed by atoms with E-state index in [4.69, 9.17) is 9.84 Å². The summed E-state index contributed by atoms with van der Waals surface area (Å²) in [5.41, 5.74) is 0.109. The summed E-state index contributed by atoms with van der Waals surface area (Å²) in [6.07, 6.45) is 0.121. The third-order valence-electron chi connectivity index (χ3n) is 5.97. The first-order valence-electron chi connectivity index (χ1n) is 12.3. The molecule has 0 saturated heterocycles. The molecule has 0 radical (unpaired) electrons. The lowest BCUT2D eigenvalue weighted by atomic mass is 10.2. The molecule has 0 saturated carbocycles. The van der Waals surface area contributed by atoms with Gasteiger partial charge in [0.05, 0.1) is 29.8 Å². The second-order valence-electron chi connectivity index (χ2n) is 8.64. The van der Waals surface area contributed by atoms with Gasteiger partial charge < -0.3 is 19.5 Å². The van der Waals surface area contributed by atoms with Gasteiger partial charge in [-0.3, -0.25) is 0 Å². The topological polar surface area (TPSA) is 124 Å². The lowest BCUT2D eigenvalue weighted by molar-refractivity contribution is 0.0196. The second kappa shape index (κ2) is 14.1. The lowest BCUT2D eigenvalue weighted by Crippen LogP contribution is -2.34. The van der Waals surface area contributed by atoms with Crippen LogP contribution in [0.1, 0.15) is 17.3 Å². The average Bonchev–Trinajstić information content (AvgIpc) is 2.97. The van der Waals surface area contributed by atoms with Gasteiger partial charge in [-0.05, 0) is 67.6 Å². The number of carbonyl (C=O) groups excluding carboxylic acids is 1. The van der Waals surface area contributed by atoms with E-state index in [1.54, 1.807) is 0 Å². The smallest absolute Gasteiger partial charge is 0.338 e. The van der Waals surface area contributed by atoms with Crippen LogP contribution in [0.3, 0.4) is 0 Å². The molecule has 4 aromatic rings. The van der Waals surface area contributed by atoms with E-state index in [0.717, 1.165) is 18.3 Å². The van der Waals surface area contributed by atoms with Crippen molar-refractivity contribution >= 4 is 39.3 Å². The average molecular weight is 567 g/mol. The third kappa shape index (κ3) is 7.82. The Labute approximate surface area is 229 Å². The quantitative estimate of drug-likeness (QED) is 0.181. The Balaban J connectivity index is 0.000000224. The summed E-state index contributed by atoms with van der Waals surface area (Å²) in [6, 6.07) is 36.3. The van der Waals surface area contributed by atoms with Gasteiger partial charge >= 0.3 is 5.97 Å². The van der Waals surface area contributed by atoms with Crippen LogP contribution < -0.4 is 15.9 Å². The molecule has 2 N–H and O–H groups in total. The number of ether oxygens (including phenoxy) is 1. The molecule has 0 aromatic heterocycles. The molecule has 4 aromatic carbocycles. The Kier molecular flexibility index (Phi) is 10.9. The maximum absolute atomic E-state index is 11.4. The molecule has 4 rings (SSSR count). The van der Waals surface area contributed by atoms with Crippen molar-refractivity contribution in [3.05, 3.63) is 121 Å². The van der Waals surface area contributed by atoms with Gasteiger partial charge in [0, 0.05) is 0 Å². The zero-order chi connectivity index (χ0) is 28.3. The van der Waals surface area contributed by atoms with Crippen molar-refractivity contribution in [2.45, 2.75) is 17.9 Å². The van der Waals surface area contributed by atoms with E-state index in [1.807, 2.05) is 18.2 Å². The molecule has 0 aliphatic rings. The van der Waals surface area contributed by atoms with Crippen LogP contribution in [-0.4, -0.2) is 54.6 Å². The Bertz CT molecular complexity index is 1320. The fraction of sp³-hybridized carbons (Fsp3) is 0.167. The Morgan fingerprint density at radius 2 is 1.18 bits per heavy atom. The maximum Gasteiger partial charge on any atom is 0.338 e. The van der Waals surface area contributed by atoms with Gasteiger partial charge in [-0.25, -0.2) is 13.2 Å². The molecule has 0 bridgehead atoms. The summed E-state index contributed by atoms with van der Waals surface area (Å²) >= 11 is 0. The van der Waals surface area contributed by atoms with Gasteiger partial charge in [-0.15, -0.1) is 0 Å². The SMILES string of the molecule is CC(CO)OC(=O)c1ccc(S(=O)(=O)[O-])cc1.OCC[P+](c1ccccc1)(c1ccccc1)c1ccccc1. The minimum atomic E-state index is -4.52. The van der Waals surface area contributed by atoms with Gasteiger partial charge in [0.2, 0.25) is 0 Å². The van der Waals surface area contributed by atoms with Gasteiger partial charge in [0.25, 0.3) is 0 Å². The molecule has 0 spiro atoms. The molecule has 9 heteroatoms. The van der Waals surface area contributed by atoms with Crippen LogP contribution in [0.15, 0.2) is 120 Å². The molecule has 0 heterocycles. The minimum absolute atomic E-state index is 0.109. The van der Waals surface area contributed by atoms with E-state index in [-0.39, 0.29) is 18.8 Å². The van der Waals surface area contributed by atoms with Crippen molar-refractivity contribution in [1.29, 1.82) is 0 Å². The zero-order valence-electron chi connectivity index (χ0n) is 21.5. The highest BCUT2D eigenvalue weighted by Gasteiger charge is 2.44. The lowest BCUT2D eigenvalue weighted by Gasteiger charge is -2.26. The first-order valence-corrected chi connectivity index (χ1v) is 15.6. The Hall–Kier alpha value is -3.39. The number of aliphatic hydroxyl groups excluding tert-OH is 2. The zero-order valence-corrected chi connectivity index (χ0v) is 23.2. The number of benzene rings is 4. The molecule has 204 valence electrons. The van der Waals surface area contributed by atoms with Crippen molar-refractivity contribution in [3.63, 3.8) is 0 Å². The molecular weight excluding hydrogens is 535 g/mol. The number of hydrogen-bond donors (Lipinski definition) is 2. The highest BCUT2D eigenvalue weighted by molar-refractivity contribution is 7.95. The summed E-state index contributed by atoms with van der Waals surface area (Å²) in [4.78, 5) is 11.0. The monoisotopic (exact) mass is 566 g/mol. The maximum atomic E-state index is 11.4. The second-order valence-corrected chi connectivity index (χ2v) is 13.6. The fourth-order valence-corrected chi connectivity index (χ4v) is 8.56. The molecule has 0 amide bonds. The predicted octanol–water partition coefficient (Wildman–Crippen LogP) is 3.10. The Morgan fingerprint density at radius 3 is 1.51 bits per heavy atom. The van der Waals surface area contributed by atoms with Crippen LogP contribution >= 0.6 is 7.26 Å². The first-order chi connectivity index (χ1) is 18.7. The molecule has 0 aliphatic carbocycles. The van der Waals surface area contributed by atoms with Crippen molar-refractivity contribution in [1.82, 2.24) is 0 Å². The predicted molar refractivity (Wildman–Crippen MR) is 153 cm³/mol. The summed E-state index contributed by atoms with van der Waals surface area (Å²) < 4.78 is 36.7. The normalized spacial score (nSPS) is 12.1. The van der Waals surface area contributed by atoms with E-state index >= 15 is 0 Å². The number of hydrogen-bond acceptors (Lipinski definition) is 7. The van der Waals surface area contributed by atoms with Crippen molar-refractivity contribution in [2.24, 2.45) is 0 Å². The van der Waals surface area contributed by atoms with Crippen molar-refractivity contribution in [2.75, 3.05) is 19.4 Å². The number of carbonyl (C=O) groups is 1. The fourth-order valence-electron chi connectivity index (χ4n) is 4.08. The standard InChI is InChI=1S/C20H20OP.C10H12O6S/c21-16-17-22(18-10-4-1-5-11-18,19-12-6-2-7-13-19)20-14-8-3-9-15-20;1-7(6-11)16-10(12)8-2-4-9(5-3-8)17(13,14)15/h1-15,21H,16-17H2;2-5,7,11H,6H2,1H3,(H,13,14,15)/q+1;/p-1. The highest BCUT2D eigenvalue weighted by Crippen LogP contribution is 2.54. The molecule has 1 atom stereocenters. The molecule has 39 heavy (non-hydrogen) atoms. The van der Waals surface area contributed by atoms with E-state index in [9.17, 15) is 22.9 Å². The van der Waals surface area contributed by atoms with Gasteiger partial charge in [-0.2, -0.15) is 0 Å². The summed E-state index contributed by atoms with van der Waals surface area (Å²) in [5, 5.41) is 22.5. The van der Waals surface area contributed by atoms with Crippen LogP contribution in [0.5, 0.6) is 0 Å². The van der Waals surface area contributed by atoms with Crippen LogP contribution in [0.25, 0.3) is 0 Å². The summed E-state index contributed by atoms with van der Waals surface area (Å²) in [6.45, 7) is 1.39. The van der Waals surface area contributed by atoms with E-state index in [1.165, 1.54) is 35.0 Å². The molecule has 0 aliphatic heterocycles. The van der Waals surface area contributed by atoms with Gasteiger partial charge in [-0.1, -0.05) is 54.6 Å². The van der Waals surface area contributed by atoms with Crippen LogP contribution in [-0.2, 0) is 14.9 Å². The molecule has 0 fully saturated rings. The van der Waals surface area contributed by atoms with Gasteiger partial charge in [0.1, 0.15) is 39.4 Å². The van der Waals surface area contributed by atoms with Crippen LogP contribution in [0, 0.1) is 0 Å². The summed E-state index contributed by atoms with van der Waals surface area (Å²) in [7, 11) is -6.32. The van der Waals surface area contributed by atoms with E-state index < -0.39 is 34.3 Å². The number of rotatable bonds is 9. The molecule has 1 unspecified atom stereocenters. The van der Waals surface area contributed by atoms with E-state index in [2.05, 4.69) is 72.8 Å². The summed E-state index contributed by atoms with van der Waals surface area (Å²) in [5.74, 6) is -0.693. The van der Waals surface area contributed by atoms with Crippen LogP contribution in [0.4, 0.5) is 0 Å². The minimum Gasteiger partial charge on any atom is -0.744 e. The highest BCUT2D eigenvalue weighted by atomic mass is 32.2. The first kappa shape index (κ1) is 30.2. The largest absolute Gasteiger partial charge is 0.744 e. The van der Waals surface area contributed by atoms with Crippen LogP contribution in [0.2, 0.25) is 0 Å². The Morgan fingerprint density at radius 1 is 0.769 bits per heavy atom.